The molecule has 0 unspecified atom stereocenters. The highest BCUT2D eigenvalue weighted by Gasteiger charge is 2.29. The number of benzene rings is 2. The maximum atomic E-state index is 13.3. The summed E-state index contributed by atoms with van der Waals surface area (Å²) in [6, 6.07) is 18.6. The van der Waals surface area contributed by atoms with Crippen LogP contribution >= 0.6 is 0 Å². The van der Waals surface area contributed by atoms with Crippen LogP contribution in [0.2, 0.25) is 0 Å². The maximum absolute atomic E-state index is 13.3. The molecule has 3 rings (SSSR count). The third-order valence-corrected chi connectivity index (χ3v) is 6.79. The number of ether oxygens (including phenoxy) is 4. The summed E-state index contributed by atoms with van der Waals surface area (Å²) in [5.41, 5.74) is 0.152. The summed E-state index contributed by atoms with van der Waals surface area (Å²) >= 11 is 0. The summed E-state index contributed by atoms with van der Waals surface area (Å²) in [5.74, 6) is 0. The Bertz CT molecular complexity index is 1160. The molecule has 1 saturated heterocycles. The minimum Gasteiger partial charge on any atom is -0.445 e. The highest BCUT2D eigenvalue weighted by atomic mass is 16.6. The lowest BCUT2D eigenvalue weighted by Gasteiger charge is -2.35. The summed E-state index contributed by atoms with van der Waals surface area (Å²) in [6.07, 6.45) is -2.31. The number of carbonyl (C=O) groups is 4. The largest absolute Gasteiger partial charge is 0.445 e. The molecule has 0 aliphatic carbocycles. The Kier molecular flexibility index (Phi) is 13.1. The van der Waals surface area contributed by atoms with E-state index in [-0.39, 0.29) is 65.6 Å². The van der Waals surface area contributed by atoms with E-state index in [4.69, 9.17) is 18.9 Å². The van der Waals surface area contributed by atoms with Crippen LogP contribution in [-0.4, -0.2) is 108 Å². The number of hydrogen-bond acceptors (Lipinski definition) is 8. The van der Waals surface area contributed by atoms with Gasteiger partial charge in [-0.3, -0.25) is 0 Å². The summed E-state index contributed by atoms with van der Waals surface area (Å²) < 4.78 is 22.5. The number of hydrogen-bond donors (Lipinski definition) is 0. The first-order chi connectivity index (χ1) is 21.7. The average Bonchev–Trinajstić information content (AvgIpc) is 2.98. The first-order valence-corrected chi connectivity index (χ1v) is 15.6. The molecule has 1 heterocycles. The Morgan fingerprint density at radius 2 is 0.739 bits per heavy atom. The second-order valence-corrected chi connectivity index (χ2v) is 13.0. The third-order valence-electron chi connectivity index (χ3n) is 6.79. The number of amides is 4. The van der Waals surface area contributed by atoms with Crippen LogP contribution in [0.1, 0.15) is 52.7 Å². The Morgan fingerprint density at radius 3 is 1.00 bits per heavy atom. The van der Waals surface area contributed by atoms with Crippen molar-refractivity contribution in [2.75, 3.05) is 52.4 Å². The van der Waals surface area contributed by atoms with E-state index in [0.717, 1.165) is 11.1 Å². The summed E-state index contributed by atoms with van der Waals surface area (Å²) in [7, 11) is 0. The zero-order valence-electron chi connectivity index (χ0n) is 27.9. The Hall–Kier alpha value is -4.48. The fraction of sp³-hybridized carbons (Fsp3) is 0.529. The number of nitrogens with zero attached hydrogens (tertiary/aromatic N) is 4. The van der Waals surface area contributed by atoms with Gasteiger partial charge in [-0.25, -0.2) is 19.2 Å². The van der Waals surface area contributed by atoms with Crippen molar-refractivity contribution in [2.24, 2.45) is 0 Å². The Morgan fingerprint density at radius 1 is 0.478 bits per heavy atom. The second kappa shape index (κ2) is 16.7. The molecule has 1 fully saturated rings. The van der Waals surface area contributed by atoms with Gasteiger partial charge in [-0.15, -0.1) is 0 Å². The highest BCUT2D eigenvalue weighted by molar-refractivity contribution is 5.71. The van der Waals surface area contributed by atoms with Crippen molar-refractivity contribution in [3.05, 3.63) is 71.8 Å². The Balaban J connectivity index is 1.83. The molecule has 4 amide bonds. The molecular weight excluding hydrogens is 592 g/mol. The van der Waals surface area contributed by atoms with E-state index in [1.807, 2.05) is 60.7 Å². The lowest BCUT2D eigenvalue weighted by Crippen LogP contribution is -2.51. The van der Waals surface area contributed by atoms with E-state index in [1.165, 1.54) is 19.6 Å². The zero-order chi connectivity index (χ0) is 33.7. The Labute approximate surface area is 272 Å². The third kappa shape index (κ3) is 12.9. The van der Waals surface area contributed by atoms with Crippen molar-refractivity contribution < 1.29 is 38.1 Å². The molecule has 0 bridgehead atoms. The lowest BCUT2D eigenvalue weighted by molar-refractivity contribution is 0.0130. The topological polar surface area (TPSA) is 118 Å². The van der Waals surface area contributed by atoms with Crippen molar-refractivity contribution in [3.8, 4) is 0 Å². The molecule has 0 saturated carbocycles. The predicted octanol–water partition coefficient (Wildman–Crippen LogP) is 5.75. The first kappa shape index (κ1) is 36.0. The van der Waals surface area contributed by atoms with Crippen LogP contribution in [0.4, 0.5) is 19.2 Å². The molecule has 12 nitrogen and oxygen atoms in total. The minimum absolute atomic E-state index is 0.0712. The highest BCUT2D eigenvalue weighted by Crippen LogP contribution is 2.14. The molecule has 252 valence electrons. The van der Waals surface area contributed by atoms with Crippen LogP contribution in [-0.2, 0) is 32.2 Å². The predicted molar refractivity (Wildman–Crippen MR) is 172 cm³/mol. The van der Waals surface area contributed by atoms with Crippen LogP contribution in [0.3, 0.4) is 0 Å². The van der Waals surface area contributed by atoms with E-state index < -0.39 is 35.6 Å². The fourth-order valence-corrected chi connectivity index (χ4v) is 4.42. The quantitative estimate of drug-likeness (QED) is 0.388. The van der Waals surface area contributed by atoms with Gasteiger partial charge < -0.3 is 38.5 Å². The van der Waals surface area contributed by atoms with Gasteiger partial charge in [0.1, 0.15) is 24.4 Å². The normalized spacial score (nSPS) is 15.3. The van der Waals surface area contributed by atoms with E-state index in [1.54, 1.807) is 41.5 Å². The van der Waals surface area contributed by atoms with E-state index in [0.29, 0.717) is 0 Å². The lowest BCUT2D eigenvalue weighted by atomic mass is 10.2. The molecular formula is C34H48N4O8. The van der Waals surface area contributed by atoms with Gasteiger partial charge in [0.2, 0.25) is 0 Å². The molecule has 12 heteroatoms. The smallest absolute Gasteiger partial charge is 0.410 e. The van der Waals surface area contributed by atoms with Crippen molar-refractivity contribution in [3.63, 3.8) is 0 Å². The summed E-state index contributed by atoms with van der Waals surface area (Å²) in [5, 5.41) is 0. The molecule has 0 radical (unpaired) electrons. The van der Waals surface area contributed by atoms with Crippen LogP contribution in [0.15, 0.2) is 60.7 Å². The van der Waals surface area contributed by atoms with E-state index in [2.05, 4.69) is 0 Å². The van der Waals surface area contributed by atoms with Gasteiger partial charge in [-0.1, -0.05) is 60.7 Å². The van der Waals surface area contributed by atoms with Gasteiger partial charge in [0.05, 0.1) is 0 Å². The molecule has 1 aliphatic rings. The summed E-state index contributed by atoms with van der Waals surface area (Å²) in [6.45, 7) is 11.6. The molecule has 0 atom stereocenters. The van der Waals surface area contributed by atoms with Gasteiger partial charge in [0.25, 0.3) is 0 Å². The summed E-state index contributed by atoms with van der Waals surface area (Å²) in [4.78, 5) is 58.9. The van der Waals surface area contributed by atoms with Crippen molar-refractivity contribution in [1.82, 2.24) is 19.6 Å². The van der Waals surface area contributed by atoms with Crippen molar-refractivity contribution in [2.45, 2.75) is 66.0 Å². The van der Waals surface area contributed by atoms with Crippen LogP contribution in [0, 0.1) is 0 Å². The van der Waals surface area contributed by atoms with Crippen molar-refractivity contribution in [1.29, 1.82) is 0 Å². The van der Waals surface area contributed by atoms with Crippen LogP contribution in [0.5, 0.6) is 0 Å². The van der Waals surface area contributed by atoms with Gasteiger partial charge in [0, 0.05) is 52.4 Å². The second-order valence-electron chi connectivity index (χ2n) is 13.0. The number of carbonyl (C=O) groups excluding carboxylic acids is 4. The standard InChI is InChI=1S/C34H48N4O8/c1-33(2,3)45-31(41)37-21-17-35(29(39)43-25-27-13-9-7-10-14-27)19-23-38(32(42)46-34(4,5)6)24-20-36(18-22-37)30(40)44-26-28-15-11-8-12-16-28/h7-16H,17-26H2,1-6H3. The molecule has 2 aromatic rings. The molecule has 0 spiro atoms. The minimum atomic E-state index is -0.753. The van der Waals surface area contributed by atoms with Gasteiger partial charge in [-0.2, -0.15) is 0 Å². The van der Waals surface area contributed by atoms with Crippen LogP contribution in [0.25, 0.3) is 0 Å². The van der Waals surface area contributed by atoms with Gasteiger partial charge in [-0.05, 0) is 52.7 Å². The zero-order valence-corrected chi connectivity index (χ0v) is 27.9. The molecule has 0 aromatic heterocycles. The monoisotopic (exact) mass is 640 g/mol. The SMILES string of the molecule is CC(C)(C)OC(=O)N1CCN(C(=O)OCc2ccccc2)CCN(C(=O)OC(C)(C)C)CCN(C(=O)OCc2ccccc2)CC1. The van der Waals surface area contributed by atoms with Crippen LogP contribution < -0.4 is 0 Å². The number of rotatable bonds is 4. The molecule has 46 heavy (non-hydrogen) atoms. The average molecular weight is 641 g/mol. The van der Waals surface area contributed by atoms with Gasteiger partial charge in [0.15, 0.2) is 0 Å². The van der Waals surface area contributed by atoms with Crippen molar-refractivity contribution >= 4 is 24.4 Å². The fourth-order valence-electron chi connectivity index (χ4n) is 4.42. The molecule has 1 aliphatic heterocycles. The van der Waals surface area contributed by atoms with Gasteiger partial charge >= 0.3 is 24.4 Å². The molecule has 2 aromatic carbocycles. The first-order valence-electron chi connectivity index (χ1n) is 15.6. The van der Waals surface area contributed by atoms with E-state index >= 15 is 0 Å². The molecule has 0 N–H and O–H groups in total. The van der Waals surface area contributed by atoms with E-state index in [9.17, 15) is 19.2 Å². The maximum Gasteiger partial charge on any atom is 0.410 e.